The lowest BCUT2D eigenvalue weighted by atomic mass is 10.0. The third-order valence-electron chi connectivity index (χ3n) is 6.21. The third kappa shape index (κ3) is 2.71. The number of anilines is 2. The minimum absolute atomic E-state index is 0.266. The van der Waals surface area contributed by atoms with Gasteiger partial charge in [0, 0.05) is 56.1 Å². The van der Waals surface area contributed by atoms with Crippen LogP contribution in [0.4, 0.5) is 15.9 Å². The van der Waals surface area contributed by atoms with Crippen LogP contribution in [0.3, 0.4) is 0 Å². The lowest BCUT2D eigenvalue weighted by Gasteiger charge is -2.30. The monoisotopic (exact) mass is 404 g/mol. The zero-order valence-corrected chi connectivity index (χ0v) is 16.5. The summed E-state index contributed by atoms with van der Waals surface area (Å²) >= 11 is 0. The molecule has 2 aromatic heterocycles. The van der Waals surface area contributed by atoms with E-state index in [2.05, 4.69) is 20.5 Å². The molecule has 2 saturated heterocycles. The van der Waals surface area contributed by atoms with Gasteiger partial charge in [-0.15, -0.1) is 0 Å². The first-order chi connectivity index (χ1) is 14.7. The Bertz CT molecular complexity index is 1140. The van der Waals surface area contributed by atoms with Gasteiger partial charge in [-0.2, -0.15) is 9.97 Å². The molecule has 1 aliphatic carbocycles. The van der Waals surface area contributed by atoms with Crippen LogP contribution >= 0.6 is 0 Å². The fourth-order valence-corrected chi connectivity index (χ4v) is 4.90. The zero-order chi connectivity index (χ0) is 20.2. The highest BCUT2D eigenvalue weighted by atomic mass is 19.1. The SMILES string of the molecule is CNc1cc(F)cc2c1Cc1nc(Oc3cccnc3)nc(N3CC4C[C@@H]3CN4)c1-2. The molecular weight excluding hydrogens is 383 g/mol. The van der Waals surface area contributed by atoms with Gasteiger partial charge in [0.05, 0.1) is 11.9 Å². The normalized spacial score (nSPS) is 20.9. The van der Waals surface area contributed by atoms with Gasteiger partial charge in [0.2, 0.25) is 0 Å². The van der Waals surface area contributed by atoms with Crippen molar-refractivity contribution in [1.29, 1.82) is 0 Å². The number of pyridine rings is 1. The summed E-state index contributed by atoms with van der Waals surface area (Å²) in [5.41, 5.74) is 4.49. The van der Waals surface area contributed by atoms with Crippen molar-refractivity contribution < 1.29 is 9.13 Å². The molecule has 1 aromatic carbocycles. The van der Waals surface area contributed by atoms with Crippen molar-refractivity contribution in [3.05, 3.63) is 53.7 Å². The predicted octanol–water partition coefficient (Wildman–Crippen LogP) is 2.97. The Hall–Kier alpha value is -3.26. The quantitative estimate of drug-likeness (QED) is 0.542. The van der Waals surface area contributed by atoms with Crippen LogP contribution < -0.4 is 20.3 Å². The Morgan fingerprint density at radius 3 is 2.97 bits per heavy atom. The summed E-state index contributed by atoms with van der Waals surface area (Å²) in [5, 5.41) is 6.65. The molecule has 2 bridgehead atoms. The Morgan fingerprint density at radius 1 is 1.30 bits per heavy atom. The molecule has 2 atom stereocenters. The van der Waals surface area contributed by atoms with Crippen LogP contribution in [0.15, 0.2) is 36.7 Å². The molecule has 1 unspecified atom stereocenters. The van der Waals surface area contributed by atoms with Crippen LogP contribution in [0, 0.1) is 5.82 Å². The number of nitrogens with zero attached hydrogens (tertiary/aromatic N) is 4. The summed E-state index contributed by atoms with van der Waals surface area (Å²) < 4.78 is 20.3. The first kappa shape index (κ1) is 17.6. The van der Waals surface area contributed by atoms with E-state index in [4.69, 9.17) is 14.7 Å². The van der Waals surface area contributed by atoms with Gasteiger partial charge in [0.15, 0.2) is 0 Å². The number of rotatable bonds is 4. The van der Waals surface area contributed by atoms with Gasteiger partial charge in [0.1, 0.15) is 17.4 Å². The van der Waals surface area contributed by atoms with E-state index in [0.29, 0.717) is 30.3 Å². The summed E-state index contributed by atoms with van der Waals surface area (Å²) in [6, 6.07) is 7.91. The minimum Gasteiger partial charge on any atom is -0.423 e. The topological polar surface area (TPSA) is 75.2 Å². The van der Waals surface area contributed by atoms with E-state index in [1.165, 1.54) is 6.07 Å². The molecule has 2 N–H and O–H groups in total. The molecule has 0 radical (unpaired) electrons. The molecule has 4 heterocycles. The van der Waals surface area contributed by atoms with Crippen molar-refractivity contribution in [3.63, 3.8) is 0 Å². The van der Waals surface area contributed by atoms with Crippen molar-refractivity contribution in [2.45, 2.75) is 24.9 Å². The van der Waals surface area contributed by atoms with E-state index < -0.39 is 0 Å². The van der Waals surface area contributed by atoms with E-state index in [1.807, 2.05) is 19.2 Å². The fraction of sp³-hybridized carbons (Fsp3) is 0.318. The fourth-order valence-electron chi connectivity index (χ4n) is 4.90. The largest absolute Gasteiger partial charge is 0.423 e. The molecule has 8 heteroatoms. The van der Waals surface area contributed by atoms with Crippen LogP contribution in [0.2, 0.25) is 0 Å². The molecule has 30 heavy (non-hydrogen) atoms. The van der Waals surface area contributed by atoms with Gasteiger partial charge in [-0.25, -0.2) is 4.39 Å². The third-order valence-corrected chi connectivity index (χ3v) is 6.21. The number of aromatic nitrogens is 3. The number of nitrogens with one attached hydrogen (secondary N) is 2. The zero-order valence-electron chi connectivity index (χ0n) is 16.5. The molecule has 3 aliphatic rings. The molecule has 0 amide bonds. The number of benzene rings is 1. The summed E-state index contributed by atoms with van der Waals surface area (Å²) in [5.74, 6) is 1.15. The molecule has 152 valence electrons. The van der Waals surface area contributed by atoms with Gasteiger partial charge < -0.3 is 20.3 Å². The van der Waals surface area contributed by atoms with E-state index in [9.17, 15) is 4.39 Å². The highest BCUT2D eigenvalue weighted by Crippen LogP contribution is 2.47. The maximum atomic E-state index is 14.4. The van der Waals surface area contributed by atoms with Crippen molar-refractivity contribution in [2.75, 3.05) is 30.4 Å². The summed E-state index contributed by atoms with van der Waals surface area (Å²) in [7, 11) is 1.81. The smallest absolute Gasteiger partial charge is 0.324 e. The van der Waals surface area contributed by atoms with Gasteiger partial charge in [-0.3, -0.25) is 4.98 Å². The first-order valence-corrected chi connectivity index (χ1v) is 10.2. The number of hydrogen-bond acceptors (Lipinski definition) is 7. The highest BCUT2D eigenvalue weighted by Gasteiger charge is 2.41. The van der Waals surface area contributed by atoms with E-state index in [1.54, 1.807) is 18.5 Å². The molecule has 0 spiro atoms. The molecule has 6 rings (SSSR count). The molecule has 2 aliphatic heterocycles. The highest BCUT2D eigenvalue weighted by molar-refractivity contribution is 5.88. The van der Waals surface area contributed by atoms with E-state index >= 15 is 0 Å². The van der Waals surface area contributed by atoms with Gasteiger partial charge in [-0.05, 0) is 41.8 Å². The number of halogens is 1. The molecule has 2 fully saturated rings. The Labute approximate surface area is 173 Å². The van der Waals surface area contributed by atoms with Crippen molar-refractivity contribution >= 4 is 11.5 Å². The lowest BCUT2D eigenvalue weighted by Crippen LogP contribution is -2.44. The standard InChI is InChI=1S/C22H21FN6O/c1-24-18-6-12(23)5-17-16(18)8-19-20(17)21(29-11-13-7-14(29)9-26-13)28-22(27-19)30-15-3-2-4-25-10-15/h2-6,10,13-14,24,26H,7-9,11H2,1H3/t13?,14-/m1/s1. The average molecular weight is 404 g/mol. The van der Waals surface area contributed by atoms with Crippen LogP contribution in [-0.2, 0) is 6.42 Å². The maximum absolute atomic E-state index is 14.4. The molecule has 7 nitrogen and oxygen atoms in total. The summed E-state index contributed by atoms with van der Waals surface area (Å²) in [6.45, 7) is 1.81. The molecule has 3 aromatic rings. The van der Waals surface area contributed by atoms with Gasteiger partial charge >= 0.3 is 6.01 Å². The number of ether oxygens (including phenoxy) is 1. The van der Waals surface area contributed by atoms with E-state index in [-0.39, 0.29) is 5.82 Å². The lowest BCUT2D eigenvalue weighted by molar-refractivity contribution is 0.437. The second-order valence-corrected chi connectivity index (χ2v) is 8.00. The Balaban J connectivity index is 1.50. The van der Waals surface area contributed by atoms with Gasteiger partial charge in [0.25, 0.3) is 0 Å². The van der Waals surface area contributed by atoms with Crippen LogP contribution in [0.5, 0.6) is 11.8 Å². The maximum Gasteiger partial charge on any atom is 0.324 e. The summed E-state index contributed by atoms with van der Waals surface area (Å²) in [6.07, 6.45) is 5.04. The number of piperazine rings is 1. The van der Waals surface area contributed by atoms with Crippen LogP contribution in [0.25, 0.3) is 11.1 Å². The predicted molar refractivity (Wildman–Crippen MR) is 112 cm³/mol. The van der Waals surface area contributed by atoms with Crippen LogP contribution in [0.1, 0.15) is 17.7 Å². The Morgan fingerprint density at radius 2 is 2.23 bits per heavy atom. The average Bonchev–Trinajstić information content (AvgIpc) is 3.47. The molecular formula is C22H21FN6O. The summed E-state index contributed by atoms with van der Waals surface area (Å²) in [4.78, 5) is 16.0. The number of hydrogen-bond donors (Lipinski definition) is 2. The van der Waals surface area contributed by atoms with E-state index in [0.717, 1.165) is 53.4 Å². The van der Waals surface area contributed by atoms with Crippen molar-refractivity contribution in [3.8, 4) is 22.9 Å². The van der Waals surface area contributed by atoms with Crippen LogP contribution in [-0.4, -0.2) is 47.2 Å². The second-order valence-electron chi connectivity index (χ2n) is 8.00. The first-order valence-electron chi connectivity index (χ1n) is 10.2. The van der Waals surface area contributed by atoms with Crippen molar-refractivity contribution in [2.24, 2.45) is 0 Å². The second kappa shape index (κ2) is 6.63. The minimum atomic E-state index is -0.266. The van der Waals surface area contributed by atoms with Crippen molar-refractivity contribution in [1.82, 2.24) is 20.3 Å². The molecule has 0 saturated carbocycles. The number of fused-ring (bicyclic) bond motifs is 5. The Kier molecular flexibility index (Phi) is 3.89. The van der Waals surface area contributed by atoms with Gasteiger partial charge in [-0.1, -0.05) is 0 Å².